The van der Waals surface area contributed by atoms with Crippen LogP contribution in [0.3, 0.4) is 0 Å². The number of aliphatic carboxylic acids is 2. The fourth-order valence-electron chi connectivity index (χ4n) is 3.26. The first-order valence-corrected chi connectivity index (χ1v) is 9.23. The highest BCUT2D eigenvalue weighted by Crippen LogP contribution is 2.21. The number of hydrazine groups is 1. The maximum atomic E-state index is 9.55. The van der Waals surface area contributed by atoms with Gasteiger partial charge >= 0.3 is 11.9 Å². The third-order valence-electron chi connectivity index (χ3n) is 4.52. The summed E-state index contributed by atoms with van der Waals surface area (Å²) in [6.45, 7) is 2.49. The van der Waals surface area contributed by atoms with Gasteiger partial charge < -0.3 is 10.2 Å². The van der Waals surface area contributed by atoms with Crippen LogP contribution in [0, 0.1) is 0 Å². The minimum absolute atomic E-state index is 0.558. The van der Waals surface area contributed by atoms with Crippen LogP contribution in [0.5, 0.6) is 0 Å². The van der Waals surface area contributed by atoms with Gasteiger partial charge in [0.25, 0.3) is 0 Å². The van der Waals surface area contributed by atoms with Gasteiger partial charge in [-0.05, 0) is 25.7 Å². The molecule has 1 saturated heterocycles. The lowest BCUT2D eigenvalue weighted by Crippen LogP contribution is -2.47. The molecule has 2 fully saturated rings. The van der Waals surface area contributed by atoms with Crippen LogP contribution in [0.25, 0.3) is 0 Å². The summed E-state index contributed by atoms with van der Waals surface area (Å²) in [5.41, 5.74) is 3.67. The number of hydrogen-bond acceptors (Lipinski definition) is 4. The summed E-state index contributed by atoms with van der Waals surface area (Å²) in [4.78, 5) is 19.1. The van der Waals surface area contributed by atoms with Gasteiger partial charge in [0, 0.05) is 31.3 Å². The minimum Gasteiger partial charge on any atom is -0.478 e. The van der Waals surface area contributed by atoms with E-state index in [0.717, 1.165) is 6.04 Å². The van der Waals surface area contributed by atoms with Gasteiger partial charge in [0.05, 0.1) is 0 Å². The van der Waals surface area contributed by atoms with E-state index in [1.807, 2.05) is 0 Å². The number of nitrogens with zero attached hydrogens (tertiary/aromatic N) is 1. The number of carboxylic acids is 2. The lowest BCUT2D eigenvalue weighted by Gasteiger charge is -2.34. The fraction of sp³-hybridized carbons (Fsp3) is 0.778. The van der Waals surface area contributed by atoms with E-state index >= 15 is 0 Å². The highest BCUT2D eigenvalue weighted by molar-refractivity contribution is 5.89. The molecule has 6 nitrogen and oxygen atoms in total. The molecule has 1 saturated carbocycles. The van der Waals surface area contributed by atoms with E-state index in [0.29, 0.717) is 12.2 Å². The Balaban J connectivity index is 0.000000307. The second-order valence-corrected chi connectivity index (χ2v) is 6.52. The van der Waals surface area contributed by atoms with E-state index in [1.165, 1.54) is 83.7 Å². The summed E-state index contributed by atoms with van der Waals surface area (Å²) in [5.74, 6) is -2.51. The largest absolute Gasteiger partial charge is 0.478 e. The molecule has 0 amide bonds. The molecular formula is C18H32N2O4. The average Bonchev–Trinajstić information content (AvgIpc) is 2.46. The molecule has 0 unspecified atom stereocenters. The molecule has 0 aromatic heterocycles. The Morgan fingerprint density at radius 3 is 1.88 bits per heavy atom. The molecule has 2 rings (SSSR count). The van der Waals surface area contributed by atoms with Gasteiger partial charge in [-0.1, -0.05) is 44.9 Å². The molecule has 24 heavy (non-hydrogen) atoms. The quantitative estimate of drug-likeness (QED) is 0.684. The summed E-state index contributed by atoms with van der Waals surface area (Å²) < 4.78 is 0. The first-order chi connectivity index (χ1) is 11.6. The number of hydrogen-bond donors (Lipinski definition) is 3. The van der Waals surface area contributed by atoms with Crippen molar-refractivity contribution in [3.63, 3.8) is 0 Å². The Morgan fingerprint density at radius 2 is 1.29 bits per heavy atom. The lowest BCUT2D eigenvalue weighted by atomic mass is 9.96. The zero-order valence-corrected chi connectivity index (χ0v) is 14.6. The van der Waals surface area contributed by atoms with Crippen molar-refractivity contribution in [3.05, 3.63) is 12.2 Å². The Morgan fingerprint density at radius 1 is 0.792 bits per heavy atom. The molecule has 138 valence electrons. The van der Waals surface area contributed by atoms with Crippen molar-refractivity contribution in [3.8, 4) is 0 Å². The Kier molecular flexibility index (Phi) is 11.1. The summed E-state index contributed by atoms with van der Waals surface area (Å²) in [6.07, 6.45) is 16.9. The first kappa shape index (κ1) is 20.6. The molecule has 0 aromatic rings. The van der Waals surface area contributed by atoms with Crippen molar-refractivity contribution in [1.29, 1.82) is 0 Å². The van der Waals surface area contributed by atoms with Gasteiger partial charge in [0.2, 0.25) is 0 Å². The van der Waals surface area contributed by atoms with Crippen LogP contribution in [-0.2, 0) is 9.59 Å². The van der Waals surface area contributed by atoms with Gasteiger partial charge in [-0.3, -0.25) is 5.43 Å². The van der Waals surface area contributed by atoms with E-state index in [4.69, 9.17) is 10.2 Å². The summed E-state index contributed by atoms with van der Waals surface area (Å²) in [6, 6.07) is 0.832. The molecule has 0 bridgehead atoms. The molecule has 2 aliphatic rings. The van der Waals surface area contributed by atoms with Crippen molar-refractivity contribution in [2.75, 3.05) is 13.1 Å². The van der Waals surface area contributed by atoms with Gasteiger partial charge in [-0.15, -0.1) is 0 Å². The zero-order valence-electron chi connectivity index (χ0n) is 14.6. The highest BCUT2D eigenvalue weighted by Gasteiger charge is 2.19. The fourth-order valence-corrected chi connectivity index (χ4v) is 3.26. The van der Waals surface area contributed by atoms with Crippen LogP contribution >= 0.6 is 0 Å². The zero-order chi connectivity index (χ0) is 17.6. The van der Waals surface area contributed by atoms with Crippen LogP contribution in [0.15, 0.2) is 12.2 Å². The van der Waals surface area contributed by atoms with Crippen LogP contribution < -0.4 is 5.43 Å². The van der Waals surface area contributed by atoms with E-state index < -0.39 is 11.9 Å². The van der Waals surface area contributed by atoms with Crippen molar-refractivity contribution in [2.24, 2.45) is 0 Å². The molecule has 0 atom stereocenters. The number of carbonyl (C=O) groups is 2. The average molecular weight is 340 g/mol. The molecule has 1 aliphatic heterocycles. The summed E-state index contributed by atoms with van der Waals surface area (Å²) in [7, 11) is 0. The molecule has 3 N–H and O–H groups in total. The van der Waals surface area contributed by atoms with Crippen molar-refractivity contribution in [1.82, 2.24) is 10.4 Å². The van der Waals surface area contributed by atoms with Gasteiger partial charge in [0.15, 0.2) is 0 Å². The smallest absolute Gasteiger partial charge is 0.328 e. The molecule has 6 heteroatoms. The monoisotopic (exact) mass is 340 g/mol. The van der Waals surface area contributed by atoms with Crippen molar-refractivity contribution < 1.29 is 19.8 Å². The molecule has 1 aliphatic carbocycles. The Bertz CT molecular complexity index is 346. The molecule has 1 heterocycles. The topological polar surface area (TPSA) is 89.9 Å². The lowest BCUT2D eigenvalue weighted by molar-refractivity contribution is -0.134. The molecular weight excluding hydrogens is 308 g/mol. The predicted molar refractivity (Wildman–Crippen MR) is 93.7 cm³/mol. The normalized spacial score (nSPS) is 21.7. The van der Waals surface area contributed by atoms with Gasteiger partial charge in [-0.2, -0.15) is 0 Å². The molecule has 0 aromatic carbocycles. The first-order valence-electron chi connectivity index (χ1n) is 9.23. The van der Waals surface area contributed by atoms with Crippen LogP contribution in [-0.4, -0.2) is 46.3 Å². The van der Waals surface area contributed by atoms with Crippen LogP contribution in [0.2, 0.25) is 0 Å². The van der Waals surface area contributed by atoms with Crippen LogP contribution in [0.4, 0.5) is 0 Å². The number of rotatable bonds is 3. The Hall–Kier alpha value is -1.40. The Labute approximate surface area is 144 Å². The van der Waals surface area contributed by atoms with Crippen molar-refractivity contribution >= 4 is 11.9 Å². The predicted octanol–water partition coefficient (Wildman–Crippen LogP) is 3.19. The molecule has 0 spiro atoms. The second kappa shape index (κ2) is 13.0. The van der Waals surface area contributed by atoms with E-state index in [-0.39, 0.29) is 0 Å². The minimum atomic E-state index is -1.26. The standard InChI is InChI=1S/C14H28N2.C4H4O4/c1-2-6-10-14(11-7-3-1)16-13-9-5-4-8-12-15-16;5-3(6)1-2-4(7)8/h14-15H,1-13H2;1-2H,(H,5,6)(H,7,8). The summed E-state index contributed by atoms with van der Waals surface area (Å²) in [5, 5.41) is 18.2. The number of nitrogens with one attached hydrogen (secondary N) is 1. The molecule has 0 radical (unpaired) electrons. The van der Waals surface area contributed by atoms with Gasteiger partial charge in [0.1, 0.15) is 0 Å². The number of carboxylic acid groups (broad SMARTS) is 2. The van der Waals surface area contributed by atoms with E-state index in [2.05, 4.69) is 10.4 Å². The van der Waals surface area contributed by atoms with Crippen LogP contribution in [0.1, 0.15) is 70.6 Å². The maximum absolute atomic E-state index is 9.55. The van der Waals surface area contributed by atoms with E-state index in [9.17, 15) is 9.59 Å². The summed E-state index contributed by atoms with van der Waals surface area (Å²) >= 11 is 0. The SMILES string of the molecule is C1CCCC(N2CCCCCCN2)CCC1.O=C(O)C=CC(=O)O. The highest BCUT2D eigenvalue weighted by atomic mass is 16.4. The van der Waals surface area contributed by atoms with E-state index in [1.54, 1.807) is 0 Å². The second-order valence-electron chi connectivity index (χ2n) is 6.52. The third kappa shape index (κ3) is 10.4. The van der Waals surface area contributed by atoms with Crippen molar-refractivity contribution in [2.45, 2.75) is 76.7 Å². The van der Waals surface area contributed by atoms with Gasteiger partial charge in [-0.25, -0.2) is 14.6 Å². The third-order valence-corrected chi connectivity index (χ3v) is 4.52. The maximum Gasteiger partial charge on any atom is 0.328 e.